The van der Waals surface area contributed by atoms with E-state index in [0.717, 1.165) is 32.4 Å². The minimum Gasteiger partial charge on any atom is -0.343 e. The molecule has 0 saturated carbocycles. The molecule has 4 heteroatoms. The van der Waals surface area contributed by atoms with Crippen molar-refractivity contribution in [1.82, 2.24) is 10.2 Å². The van der Waals surface area contributed by atoms with Gasteiger partial charge in [0.1, 0.15) is 0 Å². The van der Waals surface area contributed by atoms with Crippen molar-refractivity contribution in [3.8, 4) is 0 Å². The monoisotopic (exact) mass is 296 g/mol. The van der Waals surface area contributed by atoms with Crippen LogP contribution in [-0.2, 0) is 11.2 Å². The molecule has 1 amide bonds. The fourth-order valence-electron chi connectivity index (χ4n) is 2.69. The van der Waals surface area contributed by atoms with Gasteiger partial charge in [0.15, 0.2) is 0 Å². The summed E-state index contributed by atoms with van der Waals surface area (Å²) in [6.07, 6.45) is 3.61. The molecule has 1 heterocycles. The predicted octanol–water partition coefficient (Wildman–Crippen LogP) is 2.56. The van der Waals surface area contributed by atoms with E-state index in [0.29, 0.717) is 12.5 Å². The van der Waals surface area contributed by atoms with Crippen molar-refractivity contribution >= 4 is 18.3 Å². The highest BCUT2D eigenvalue weighted by atomic mass is 35.5. The molecule has 0 spiro atoms. The van der Waals surface area contributed by atoms with Crippen molar-refractivity contribution in [3.05, 3.63) is 35.4 Å². The second-order valence-electron chi connectivity index (χ2n) is 5.47. The summed E-state index contributed by atoms with van der Waals surface area (Å²) in [5, 5.41) is 3.33. The Morgan fingerprint density at radius 1 is 1.35 bits per heavy atom. The van der Waals surface area contributed by atoms with Gasteiger partial charge in [-0.2, -0.15) is 0 Å². The Morgan fingerprint density at radius 3 is 2.70 bits per heavy atom. The minimum atomic E-state index is 0. The molecule has 1 saturated heterocycles. The van der Waals surface area contributed by atoms with E-state index >= 15 is 0 Å². The number of carbonyl (C=O) groups excluding carboxylic acids is 1. The number of amides is 1. The molecule has 1 aliphatic rings. The SMILES string of the molecule is Cc1cccc(CCC(=O)N(C)C2CCNCC2)c1.Cl. The van der Waals surface area contributed by atoms with Crippen LogP contribution in [0.25, 0.3) is 0 Å². The summed E-state index contributed by atoms with van der Waals surface area (Å²) >= 11 is 0. The number of halogens is 1. The van der Waals surface area contributed by atoms with Crippen molar-refractivity contribution in [2.24, 2.45) is 0 Å². The highest BCUT2D eigenvalue weighted by Crippen LogP contribution is 2.13. The second kappa shape index (κ2) is 8.28. The number of nitrogens with zero attached hydrogens (tertiary/aromatic N) is 1. The number of carbonyl (C=O) groups is 1. The van der Waals surface area contributed by atoms with Crippen molar-refractivity contribution in [2.45, 2.75) is 38.6 Å². The van der Waals surface area contributed by atoms with Crippen LogP contribution in [0.15, 0.2) is 24.3 Å². The summed E-state index contributed by atoms with van der Waals surface area (Å²) in [6, 6.07) is 8.84. The van der Waals surface area contributed by atoms with Crippen molar-refractivity contribution in [1.29, 1.82) is 0 Å². The van der Waals surface area contributed by atoms with E-state index in [9.17, 15) is 4.79 Å². The lowest BCUT2D eigenvalue weighted by atomic mass is 10.0. The fraction of sp³-hybridized carbons (Fsp3) is 0.562. The molecule has 3 nitrogen and oxygen atoms in total. The van der Waals surface area contributed by atoms with E-state index in [-0.39, 0.29) is 18.3 Å². The standard InChI is InChI=1S/C16H24N2O.ClH/c1-13-4-3-5-14(12-13)6-7-16(19)18(2)15-8-10-17-11-9-15;/h3-5,12,15,17H,6-11H2,1-2H3;1H. The first-order valence-electron chi connectivity index (χ1n) is 7.19. The maximum atomic E-state index is 12.2. The topological polar surface area (TPSA) is 32.3 Å². The van der Waals surface area contributed by atoms with Crippen molar-refractivity contribution < 1.29 is 4.79 Å². The van der Waals surface area contributed by atoms with Gasteiger partial charge in [-0.1, -0.05) is 29.8 Å². The zero-order valence-electron chi connectivity index (χ0n) is 12.4. The van der Waals surface area contributed by atoms with Gasteiger partial charge < -0.3 is 10.2 Å². The Balaban J connectivity index is 0.00000200. The van der Waals surface area contributed by atoms with E-state index in [1.54, 1.807) is 0 Å². The van der Waals surface area contributed by atoms with Gasteiger partial charge in [-0.25, -0.2) is 0 Å². The Labute approximate surface area is 128 Å². The molecule has 2 rings (SSSR count). The second-order valence-corrected chi connectivity index (χ2v) is 5.47. The van der Waals surface area contributed by atoms with Gasteiger partial charge >= 0.3 is 0 Å². The number of piperidine rings is 1. The summed E-state index contributed by atoms with van der Waals surface area (Å²) < 4.78 is 0. The number of hydrogen-bond acceptors (Lipinski definition) is 2. The third kappa shape index (κ3) is 4.80. The highest BCUT2D eigenvalue weighted by Gasteiger charge is 2.21. The molecule has 0 unspecified atom stereocenters. The van der Waals surface area contributed by atoms with Crippen LogP contribution < -0.4 is 5.32 Å². The Morgan fingerprint density at radius 2 is 2.05 bits per heavy atom. The average molecular weight is 297 g/mol. The summed E-state index contributed by atoms with van der Waals surface area (Å²) in [5.41, 5.74) is 2.52. The first kappa shape index (κ1) is 17.0. The number of aryl methyl sites for hydroxylation is 2. The molecule has 0 bridgehead atoms. The zero-order chi connectivity index (χ0) is 13.7. The van der Waals surface area contributed by atoms with E-state index in [2.05, 4.69) is 36.5 Å². The molecule has 0 aliphatic carbocycles. The lowest BCUT2D eigenvalue weighted by Gasteiger charge is -2.31. The fourth-order valence-corrected chi connectivity index (χ4v) is 2.69. The van der Waals surface area contributed by atoms with Gasteiger partial charge in [0, 0.05) is 19.5 Å². The van der Waals surface area contributed by atoms with Crippen LogP contribution in [0.4, 0.5) is 0 Å². The van der Waals surface area contributed by atoms with Gasteiger partial charge in [-0.3, -0.25) is 4.79 Å². The third-order valence-corrected chi connectivity index (χ3v) is 3.96. The molecule has 1 aliphatic heterocycles. The van der Waals surface area contributed by atoms with Crippen LogP contribution in [-0.4, -0.2) is 37.0 Å². The van der Waals surface area contributed by atoms with Crippen LogP contribution in [0.2, 0.25) is 0 Å². The van der Waals surface area contributed by atoms with E-state index < -0.39 is 0 Å². The first-order valence-corrected chi connectivity index (χ1v) is 7.19. The van der Waals surface area contributed by atoms with Gasteiger partial charge in [-0.15, -0.1) is 12.4 Å². The van der Waals surface area contributed by atoms with Crippen LogP contribution in [0.1, 0.15) is 30.4 Å². The predicted molar refractivity (Wildman–Crippen MR) is 85.4 cm³/mol. The molecule has 112 valence electrons. The van der Waals surface area contributed by atoms with Crippen molar-refractivity contribution in [3.63, 3.8) is 0 Å². The quantitative estimate of drug-likeness (QED) is 0.926. The summed E-state index contributed by atoms with van der Waals surface area (Å²) in [4.78, 5) is 14.2. The highest BCUT2D eigenvalue weighted by molar-refractivity contribution is 5.85. The minimum absolute atomic E-state index is 0. The summed E-state index contributed by atoms with van der Waals surface area (Å²) in [6.45, 7) is 4.15. The first-order chi connectivity index (χ1) is 9.16. The number of rotatable bonds is 4. The molecule has 1 fully saturated rings. The van der Waals surface area contributed by atoms with E-state index in [1.807, 2.05) is 11.9 Å². The molecular weight excluding hydrogens is 272 g/mol. The molecule has 1 aromatic rings. The molecule has 1 aromatic carbocycles. The Kier molecular flexibility index (Phi) is 7.03. The van der Waals surface area contributed by atoms with Crippen molar-refractivity contribution in [2.75, 3.05) is 20.1 Å². The lowest BCUT2D eigenvalue weighted by molar-refractivity contribution is -0.132. The van der Waals surface area contributed by atoms with Gasteiger partial charge in [0.2, 0.25) is 5.91 Å². The van der Waals surface area contributed by atoms with E-state index in [4.69, 9.17) is 0 Å². The zero-order valence-corrected chi connectivity index (χ0v) is 13.2. The molecule has 1 N–H and O–H groups in total. The average Bonchev–Trinajstić information content (AvgIpc) is 2.45. The van der Waals surface area contributed by atoms with Crippen LogP contribution in [0.5, 0.6) is 0 Å². The van der Waals surface area contributed by atoms with Gasteiger partial charge in [-0.05, 0) is 44.8 Å². The van der Waals surface area contributed by atoms with Gasteiger partial charge in [0.25, 0.3) is 0 Å². The smallest absolute Gasteiger partial charge is 0.222 e. The van der Waals surface area contributed by atoms with Crippen LogP contribution >= 0.6 is 12.4 Å². The molecule has 0 atom stereocenters. The molecule has 0 aromatic heterocycles. The lowest BCUT2D eigenvalue weighted by Crippen LogP contribution is -2.44. The molecule has 0 radical (unpaired) electrons. The molecular formula is C16H25ClN2O. The summed E-state index contributed by atoms with van der Waals surface area (Å²) in [5.74, 6) is 0.272. The van der Waals surface area contributed by atoms with Gasteiger partial charge in [0.05, 0.1) is 0 Å². The maximum absolute atomic E-state index is 12.2. The number of nitrogens with one attached hydrogen (secondary N) is 1. The maximum Gasteiger partial charge on any atom is 0.222 e. The van der Waals surface area contributed by atoms with Crippen LogP contribution in [0, 0.1) is 6.92 Å². The normalized spacial score (nSPS) is 15.5. The Bertz CT molecular complexity index is 430. The number of benzene rings is 1. The largest absolute Gasteiger partial charge is 0.343 e. The van der Waals surface area contributed by atoms with Crippen LogP contribution in [0.3, 0.4) is 0 Å². The third-order valence-electron chi connectivity index (χ3n) is 3.96. The summed E-state index contributed by atoms with van der Waals surface area (Å²) in [7, 11) is 1.95. The van der Waals surface area contributed by atoms with E-state index in [1.165, 1.54) is 11.1 Å². The Hall–Kier alpha value is -1.06. The number of hydrogen-bond donors (Lipinski definition) is 1. The molecule has 20 heavy (non-hydrogen) atoms.